The van der Waals surface area contributed by atoms with Crippen LogP contribution in [0.25, 0.3) is 28.0 Å². The van der Waals surface area contributed by atoms with E-state index in [9.17, 15) is 4.79 Å². The Morgan fingerprint density at radius 3 is 2.51 bits per heavy atom. The van der Waals surface area contributed by atoms with Gasteiger partial charge in [0.05, 0.1) is 18.8 Å². The van der Waals surface area contributed by atoms with Crippen LogP contribution in [-0.4, -0.2) is 61.6 Å². The molecule has 0 saturated carbocycles. The van der Waals surface area contributed by atoms with Gasteiger partial charge in [-0.15, -0.1) is 0 Å². The average Bonchev–Trinajstić information content (AvgIpc) is 3.26. The number of furan rings is 1. The van der Waals surface area contributed by atoms with E-state index in [2.05, 4.69) is 51.5 Å². The monoisotopic (exact) mass is 469 g/mol. The van der Waals surface area contributed by atoms with Gasteiger partial charge >= 0.3 is 0 Å². The number of piperazine rings is 1. The number of nitrogens with zero attached hydrogens (tertiary/aromatic N) is 2. The lowest BCUT2D eigenvalue weighted by atomic mass is 10.1. The Morgan fingerprint density at radius 1 is 1.00 bits per heavy atom. The molecule has 1 aliphatic rings. The summed E-state index contributed by atoms with van der Waals surface area (Å²) in [5.74, 6) is 0.579. The minimum atomic E-state index is -0.243. The van der Waals surface area contributed by atoms with Crippen molar-refractivity contribution in [3.8, 4) is 5.75 Å². The summed E-state index contributed by atoms with van der Waals surface area (Å²) in [5, 5.41) is 5.07. The molecule has 0 bridgehead atoms. The van der Waals surface area contributed by atoms with Gasteiger partial charge in [0.2, 0.25) is 5.91 Å². The number of nitrogens with one attached hydrogen (secondary N) is 1. The van der Waals surface area contributed by atoms with E-state index in [0.29, 0.717) is 11.4 Å². The van der Waals surface area contributed by atoms with Crippen molar-refractivity contribution in [2.75, 3.05) is 45.2 Å². The molecule has 4 aromatic rings. The molecule has 0 radical (unpaired) electrons. The van der Waals surface area contributed by atoms with Crippen molar-refractivity contribution < 1.29 is 13.9 Å². The SMILES string of the molecule is COc1cc2c(cc1NC(=O)C(C)N1CCN(C/C=C/c3ccccc3)CC1)oc1ccccc12. The van der Waals surface area contributed by atoms with Crippen molar-refractivity contribution in [2.24, 2.45) is 0 Å². The molecular formula is C29H31N3O3. The van der Waals surface area contributed by atoms with Crippen LogP contribution in [-0.2, 0) is 4.79 Å². The lowest BCUT2D eigenvalue weighted by molar-refractivity contribution is -0.121. The first-order valence-corrected chi connectivity index (χ1v) is 12.1. The van der Waals surface area contributed by atoms with Crippen LogP contribution in [0.4, 0.5) is 5.69 Å². The number of carbonyl (C=O) groups is 1. The highest BCUT2D eigenvalue weighted by atomic mass is 16.5. The van der Waals surface area contributed by atoms with Crippen LogP contribution in [0.2, 0.25) is 0 Å². The van der Waals surface area contributed by atoms with E-state index in [0.717, 1.165) is 54.7 Å². The topological polar surface area (TPSA) is 58.0 Å². The summed E-state index contributed by atoms with van der Waals surface area (Å²) in [6, 6.07) is 21.8. The van der Waals surface area contributed by atoms with Gasteiger partial charge in [0.25, 0.3) is 0 Å². The molecule has 1 aromatic heterocycles. The standard InChI is InChI=1S/C29H31N3O3/c1-21(32-17-15-31(16-18-32)14-8-11-22-9-4-3-5-10-22)29(33)30-25-20-27-24(19-28(25)34-2)23-12-6-7-13-26(23)35-27/h3-13,19-21H,14-18H2,1-2H3,(H,30,33)/b11-8+. The van der Waals surface area contributed by atoms with Gasteiger partial charge in [-0.25, -0.2) is 0 Å². The smallest absolute Gasteiger partial charge is 0.241 e. The van der Waals surface area contributed by atoms with Crippen LogP contribution < -0.4 is 10.1 Å². The highest BCUT2D eigenvalue weighted by Crippen LogP contribution is 2.36. The first kappa shape index (κ1) is 23.1. The normalized spacial score (nSPS) is 16.2. The number of hydrogen-bond donors (Lipinski definition) is 1. The Morgan fingerprint density at radius 2 is 1.74 bits per heavy atom. The Labute approximate surface area is 205 Å². The van der Waals surface area contributed by atoms with Crippen LogP contribution in [0.1, 0.15) is 12.5 Å². The van der Waals surface area contributed by atoms with Crippen LogP contribution in [0.5, 0.6) is 5.75 Å². The van der Waals surface area contributed by atoms with Crippen LogP contribution in [0.3, 0.4) is 0 Å². The summed E-state index contributed by atoms with van der Waals surface area (Å²) in [5.41, 5.74) is 3.39. The van der Waals surface area contributed by atoms with Gasteiger partial charge in [0.15, 0.2) is 0 Å². The molecule has 3 aromatic carbocycles. The molecule has 1 aliphatic heterocycles. The molecule has 6 heteroatoms. The van der Waals surface area contributed by atoms with Crippen LogP contribution in [0, 0.1) is 0 Å². The molecule has 0 aliphatic carbocycles. The maximum absolute atomic E-state index is 13.1. The van der Waals surface area contributed by atoms with E-state index < -0.39 is 0 Å². The Hall–Kier alpha value is -3.61. The first-order valence-electron chi connectivity index (χ1n) is 12.1. The summed E-state index contributed by atoms with van der Waals surface area (Å²) in [6.07, 6.45) is 4.37. The fraction of sp³-hybridized carbons (Fsp3) is 0.276. The summed E-state index contributed by atoms with van der Waals surface area (Å²) in [7, 11) is 1.62. The summed E-state index contributed by atoms with van der Waals surface area (Å²) in [4.78, 5) is 17.8. The minimum Gasteiger partial charge on any atom is -0.495 e. The van der Waals surface area contributed by atoms with Crippen molar-refractivity contribution in [3.63, 3.8) is 0 Å². The van der Waals surface area contributed by atoms with Gasteiger partial charge < -0.3 is 14.5 Å². The molecule has 1 atom stereocenters. The molecule has 1 amide bonds. The molecule has 2 heterocycles. The molecule has 0 spiro atoms. The molecule has 180 valence electrons. The van der Waals surface area contributed by atoms with Gasteiger partial charge in [-0.2, -0.15) is 0 Å². The van der Waals surface area contributed by atoms with E-state index in [4.69, 9.17) is 9.15 Å². The third-order valence-corrected chi connectivity index (χ3v) is 6.76. The molecule has 1 saturated heterocycles. The second-order valence-corrected chi connectivity index (χ2v) is 8.96. The molecular weight excluding hydrogens is 438 g/mol. The predicted molar refractivity (Wildman–Crippen MR) is 142 cm³/mol. The highest BCUT2D eigenvalue weighted by molar-refractivity contribution is 6.08. The van der Waals surface area contributed by atoms with E-state index in [-0.39, 0.29) is 11.9 Å². The van der Waals surface area contributed by atoms with E-state index >= 15 is 0 Å². The van der Waals surface area contributed by atoms with E-state index in [1.54, 1.807) is 7.11 Å². The third-order valence-electron chi connectivity index (χ3n) is 6.76. The zero-order valence-electron chi connectivity index (χ0n) is 20.2. The third kappa shape index (κ3) is 5.09. The predicted octanol–water partition coefficient (Wildman–Crippen LogP) is 5.25. The lowest BCUT2D eigenvalue weighted by Crippen LogP contribution is -2.52. The second kappa shape index (κ2) is 10.3. The fourth-order valence-electron chi connectivity index (χ4n) is 4.66. The molecule has 1 N–H and O–H groups in total. The summed E-state index contributed by atoms with van der Waals surface area (Å²) >= 11 is 0. The number of methoxy groups -OCH3 is 1. The highest BCUT2D eigenvalue weighted by Gasteiger charge is 2.26. The minimum absolute atomic E-state index is 0.0452. The number of fused-ring (bicyclic) bond motifs is 3. The second-order valence-electron chi connectivity index (χ2n) is 8.96. The van der Waals surface area contributed by atoms with Crippen molar-refractivity contribution in [2.45, 2.75) is 13.0 Å². The Balaban J connectivity index is 1.20. The van der Waals surface area contributed by atoms with Crippen molar-refractivity contribution in [1.29, 1.82) is 0 Å². The molecule has 6 nitrogen and oxygen atoms in total. The number of para-hydroxylation sites is 1. The number of rotatable bonds is 7. The fourth-order valence-corrected chi connectivity index (χ4v) is 4.66. The van der Waals surface area contributed by atoms with Crippen LogP contribution >= 0.6 is 0 Å². The number of hydrogen-bond acceptors (Lipinski definition) is 5. The zero-order valence-corrected chi connectivity index (χ0v) is 20.2. The number of benzene rings is 3. The lowest BCUT2D eigenvalue weighted by Gasteiger charge is -2.37. The molecule has 5 rings (SSSR count). The zero-order chi connectivity index (χ0) is 24.2. The maximum atomic E-state index is 13.1. The first-order chi connectivity index (χ1) is 17.1. The number of anilines is 1. The summed E-state index contributed by atoms with van der Waals surface area (Å²) < 4.78 is 11.6. The van der Waals surface area contributed by atoms with Gasteiger partial charge in [-0.3, -0.25) is 14.6 Å². The van der Waals surface area contributed by atoms with Crippen molar-refractivity contribution in [3.05, 3.63) is 78.4 Å². The quantitative estimate of drug-likeness (QED) is 0.401. The summed E-state index contributed by atoms with van der Waals surface area (Å²) in [6.45, 7) is 6.46. The molecule has 1 fully saturated rings. The number of ether oxygens (including phenoxy) is 1. The van der Waals surface area contributed by atoms with E-state index in [1.165, 1.54) is 5.56 Å². The van der Waals surface area contributed by atoms with Gasteiger partial charge in [-0.05, 0) is 24.6 Å². The Kier molecular flexibility index (Phi) is 6.84. The van der Waals surface area contributed by atoms with Crippen LogP contribution in [0.15, 0.2) is 77.2 Å². The Bertz CT molecular complexity index is 1340. The largest absolute Gasteiger partial charge is 0.495 e. The number of carbonyl (C=O) groups excluding carboxylic acids is 1. The van der Waals surface area contributed by atoms with Gasteiger partial charge in [0.1, 0.15) is 16.9 Å². The van der Waals surface area contributed by atoms with Gasteiger partial charge in [-0.1, -0.05) is 60.7 Å². The molecule has 1 unspecified atom stereocenters. The number of amides is 1. The average molecular weight is 470 g/mol. The maximum Gasteiger partial charge on any atom is 0.241 e. The van der Waals surface area contributed by atoms with Crippen molar-refractivity contribution >= 4 is 39.6 Å². The van der Waals surface area contributed by atoms with Gasteiger partial charge in [0, 0.05) is 49.6 Å². The molecule has 35 heavy (non-hydrogen) atoms. The van der Waals surface area contributed by atoms with Crippen molar-refractivity contribution in [1.82, 2.24) is 9.80 Å². The van der Waals surface area contributed by atoms with E-state index in [1.807, 2.05) is 49.4 Å².